The molecule has 3 aromatic rings. The zero-order valence-electron chi connectivity index (χ0n) is 16.2. The molecule has 0 bridgehead atoms. The average Bonchev–Trinajstić information content (AvgIpc) is 2.71. The van der Waals surface area contributed by atoms with Gasteiger partial charge >= 0.3 is 6.18 Å². The largest absolute Gasteiger partial charge is 0.481 e. The average molecular weight is 436 g/mol. The first kappa shape index (κ1) is 21.8. The van der Waals surface area contributed by atoms with Crippen molar-refractivity contribution < 1.29 is 26.3 Å². The first-order chi connectivity index (χ1) is 14.0. The predicted molar refractivity (Wildman–Crippen MR) is 107 cm³/mol. The number of aromatic nitrogens is 1. The molecule has 0 spiro atoms. The van der Waals surface area contributed by atoms with E-state index in [1.54, 1.807) is 24.3 Å². The molecule has 0 saturated carbocycles. The summed E-state index contributed by atoms with van der Waals surface area (Å²) in [5, 5.41) is 5.11. The lowest BCUT2D eigenvalue weighted by Gasteiger charge is -2.18. The van der Waals surface area contributed by atoms with Gasteiger partial charge < -0.3 is 4.74 Å². The SMILES string of the molecule is CCc1ccc(-c2c(-c3ccc(S(N)(=O)=O)cc3)cc(OC)nc2C(F)(F)F)cc1. The summed E-state index contributed by atoms with van der Waals surface area (Å²) in [5.74, 6) is -0.207. The Kier molecular flexibility index (Phi) is 5.87. The van der Waals surface area contributed by atoms with Crippen molar-refractivity contribution in [2.45, 2.75) is 24.4 Å². The number of sulfonamides is 1. The summed E-state index contributed by atoms with van der Waals surface area (Å²) in [5.41, 5.74) is 0.682. The van der Waals surface area contributed by atoms with Gasteiger partial charge in [0, 0.05) is 11.6 Å². The number of nitrogens with two attached hydrogens (primary N) is 1. The number of benzene rings is 2. The van der Waals surface area contributed by atoms with Crippen LogP contribution >= 0.6 is 0 Å². The topological polar surface area (TPSA) is 82.3 Å². The molecular weight excluding hydrogens is 417 g/mol. The van der Waals surface area contributed by atoms with E-state index >= 15 is 0 Å². The molecule has 0 amide bonds. The van der Waals surface area contributed by atoms with E-state index in [9.17, 15) is 21.6 Å². The smallest absolute Gasteiger partial charge is 0.434 e. The van der Waals surface area contributed by atoms with E-state index in [1.807, 2.05) is 6.92 Å². The number of aryl methyl sites for hydroxylation is 1. The number of alkyl halides is 3. The van der Waals surface area contributed by atoms with Gasteiger partial charge in [-0.3, -0.25) is 0 Å². The number of pyridine rings is 1. The summed E-state index contributed by atoms with van der Waals surface area (Å²) >= 11 is 0. The quantitative estimate of drug-likeness (QED) is 0.631. The highest BCUT2D eigenvalue weighted by Crippen LogP contribution is 2.43. The Morgan fingerprint density at radius 3 is 2.03 bits per heavy atom. The maximum atomic E-state index is 13.9. The van der Waals surface area contributed by atoms with Gasteiger partial charge in [-0.05, 0) is 40.8 Å². The van der Waals surface area contributed by atoms with E-state index in [4.69, 9.17) is 9.88 Å². The molecule has 0 aliphatic heterocycles. The fraction of sp³-hybridized carbons (Fsp3) is 0.190. The van der Waals surface area contributed by atoms with Gasteiger partial charge in [-0.1, -0.05) is 43.3 Å². The Bertz CT molecular complexity index is 1160. The van der Waals surface area contributed by atoms with Crippen LogP contribution in [0.3, 0.4) is 0 Å². The summed E-state index contributed by atoms with van der Waals surface area (Å²) in [6.45, 7) is 1.95. The molecule has 9 heteroatoms. The number of hydrogen-bond acceptors (Lipinski definition) is 4. The molecule has 2 aromatic carbocycles. The second-order valence-electron chi connectivity index (χ2n) is 6.55. The Morgan fingerprint density at radius 1 is 1.00 bits per heavy atom. The first-order valence-corrected chi connectivity index (χ1v) is 10.5. The normalized spacial score (nSPS) is 12.1. The van der Waals surface area contributed by atoms with Gasteiger partial charge in [0.2, 0.25) is 15.9 Å². The van der Waals surface area contributed by atoms with Crippen LogP contribution in [-0.2, 0) is 22.6 Å². The molecule has 0 radical (unpaired) electrons. The zero-order valence-corrected chi connectivity index (χ0v) is 17.0. The molecule has 0 aliphatic rings. The van der Waals surface area contributed by atoms with Crippen molar-refractivity contribution in [1.29, 1.82) is 0 Å². The lowest BCUT2D eigenvalue weighted by molar-refractivity contribution is -0.140. The molecule has 0 unspecified atom stereocenters. The van der Waals surface area contributed by atoms with Gasteiger partial charge in [0.1, 0.15) is 0 Å². The number of methoxy groups -OCH3 is 1. The first-order valence-electron chi connectivity index (χ1n) is 8.93. The molecule has 1 heterocycles. The van der Waals surface area contributed by atoms with Gasteiger partial charge in [0.05, 0.1) is 12.0 Å². The molecule has 0 aliphatic carbocycles. The number of nitrogens with zero attached hydrogens (tertiary/aromatic N) is 1. The van der Waals surface area contributed by atoms with Crippen molar-refractivity contribution in [1.82, 2.24) is 4.98 Å². The van der Waals surface area contributed by atoms with Crippen LogP contribution in [0.1, 0.15) is 18.2 Å². The van der Waals surface area contributed by atoms with Gasteiger partial charge in [-0.2, -0.15) is 13.2 Å². The summed E-state index contributed by atoms with van der Waals surface area (Å²) in [6.07, 6.45) is -3.99. The fourth-order valence-electron chi connectivity index (χ4n) is 3.08. The third kappa shape index (κ3) is 4.47. The highest BCUT2D eigenvalue weighted by atomic mass is 32.2. The molecule has 0 atom stereocenters. The van der Waals surface area contributed by atoms with Crippen LogP contribution in [0, 0.1) is 0 Å². The molecule has 3 rings (SSSR count). The molecule has 2 N–H and O–H groups in total. The number of primary sulfonamides is 1. The van der Waals surface area contributed by atoms with E-state index in [1.165, 1.54) is 37.4 Å². The van der Waals surface area contributed by atoms with E-state index < -0.39 is 21.9 Å². The molecule has 5 nitrogen and oxygen atoms in total. The minimum absolute atomic E-state index is 0.116. The van der Waals surface area contributed by atoms with Crippen molar-refractivity contribution in [3.8, 4) is 28.1 Å². The third-order valence-corrected chi connectivity index (χ3v) is 5.55. The van der Waals surface area contributed by atoms with Gasteiger partial charge in [-0.15, -0.1) is 0 Å². The molecule has 1 aromatic heterocycles. The minimum atomic E-state index is -4.73. The van der Waals surface area contributed by atoms with Crippen molar-refractivity contribution in [2.75, 3.05) is 7.11 Å². The summed E-state index contributed by atoms with van der Waals surface area (Å²) in [6, 6.07) is 13.4. The number of hydrogen-bond donors (Lipinski definition) is 1. The van der Waals surface area contributed by atoms with Gasteiger partial charge in [0.15, 0.2) is 5.69 Å². The van der Waals surface area contributed by atoms with Crippen LogP contribution in [0.5, 0.6) is 5.88 Å². The minimum Gasteiger partial charge on any atom is -0.481 e. The maximum Gasteiger partial charge on any atom is 0.434 e. The van der Waals surface area contributed by atoms with Gasteiger partial charge in [0.25, 0.3) is 0 Å². The zero-order chi connectivity index (χ0) is 22.1. The fourth-order valence-corrected chi connectivity index (χ4v) is 3.60. The van der Waals surface area contributed by atoms with Crippen LogP contribution in [0.4, 0.5) is 13.2 Å². The van der Waals surface area contributed by atoms with Crippen LogP contribution in [-0.4, -0.2) is 20.5 Å². The van der Waals surface area contributed by atoms with E-state index in [0.29, 0.717) is 11.1 Å². The van der Waals surface area contributed by atoms with Crippen molar-refractivity contribution in [3.63, 3.8) is 0 Å². The number of rotatable bonds is 5. The molecule has 0 saturated heterocycles. The lowest BCUT2D eigenvalue weighted by Crippen LogP contribution is -2.13. The summed E-state index contributed by atoms with van der Waals surface area (Å²) in [4.78, 5) is 3.52. The van der Waals surface area contributed by atoms with Crippen molar-refractivity contribution in [2.24, 2.45) is 5.14 Å². The van der Waals surface area contributed by atoms with E-state index in [-0.39, 0.29) is 21.9 Å². The van der Waals surface area contributed by atoms with Crippen molar-refractivity contribution >= 4 is 10.0 Å². The summed E-state index contributed by atoms with van der Waals surface area (Å²) < 4.78 is 69.7. The lowest BCUT2D eigenvalue weighted by atomic mass is 9.92. The Balaban J connectivity index is 2.32. The maximum absolute atomic E-state index is 13.9. The number of halogens is 3. The molecular formula is C21H19F3N2O3S. The van der Waals surface area contributed by atoms with Crippen LogP contribution in [0.2, 0.25) is 0 Å². The van der Waals surface area contributed by atoms with Gasteiger partial charge in [-0.25, -0.2) is 18.5 Å². The standard InChI is InChI=1S/C21H19F3N2O3S/c1-3-13-4-6-15(7-5-13)19-17(12-18(29-2)26-20(19)21(22,23)24)14-8-10-16(11-9-14)30(25,27)28/h4-12H,3H2,1-2H3,(H2,25,27,28). The third-order valence-electron chi connectivity index (χ3n) is 4.62. The summed E-state index contributed by atoms with van der Waals surface area (Å²) in [7, 11) is -2.70. The second kappa shape index (κ2) is 8.08. The highest BCUT2D eigenvalue weighted by molar-refractivity contribution is 7.89. The number of ether oxygens (including phenoxy) is 1. The van der Waals surface area contributed by atoms with Crippen molar-refractivity contribution in [3.05, 3.63) is 65.9 Å². The van der Waals surface area contributed by atoms with Crippen LogP contribution < -0.4 is 9.88 Å². The highest BCUT2D eigenvalue weighted by Gasteiger charge is 2.38. The second-order valence-corrected chi connectivity index (χ2v) is 8.11. The molecule has 0 fully saturated rings. The van der Waals surface area contributed by atoms with E-state index in [2.05, 4.69) is 4.98 Å². The van der Waals surface area contributed by atoms with Crippen LogP contribution in [0.25, 0.3) is 22.3 Å². The monoisotopic (exact) mass is 436 g/mol. The molecule has 30 heavy (non-hydrogen) atoms. The molecule has 158 valence electrons. The van der Waals surface area contributed by atoms with Crippen LogP contribution in [0.15, 0.2) is 59.5 Å². The van der Waals surface area contributed by atoms with E-state index in [0.717, 1.165) is 12.0 Å². The predicted octanol–water partition coefficient (Wildman–Crippen LogP) is 4.65. The Labute approximate surface area is 172 Å². The Hall–Kier alpha value is -2.91. The Morgan fingerprint density at radius 2 is 1.57 bits per heavy atom.